The summed E-state index contributed by atoms with van der Waals surface area (Å²) < 4.78 is 4.78. The Morgan fingerprint density at radius 3 is 2.67 bits per heavy atom. The lowest BCUT2D eigenvalue weighted by Crippen LogP contribution is -2.01. The van der Waals surface area contributed by atoms with Gasteiger partial charge in [0.05, 0.1) is 17.1 Å². The third-order valence-electron chi connectivity index (χ3n) is 1.75. The molecule has 0 saturated carbocycles. The van der Waals surface area contributed by atoms with Crippen molar-refractivity contribution >= 4 is 11.7 Å². The van der Waals surface area contributed by atoms with Gasteiger partial charge in [0.1, 0.15) is 0 Å². The van der Waals surface area contributed by atoms with Crippen molar-refractivity contribution in [2.75, 3.05) is 7.11 Å². The molecule has 0 amide bonds. The van der Waals surface area contributed by atoms with Gasteiger partial charge in [0.2, 0.25) is 0 Å². The molecule has 0 aromatic heterocycles. The number of carboxylic acids is 1. The van der Waals surface area contributed by atoms with E-state index in [1.807, 2.05) is 0 Å². The van der Waals surface area contributed by atoms with Gasteiger partial charge in [-0.15, -0.1) is 0 Å². The van der Waals surface area contributed by atoms with Gasteiger partial charge in [-0.05, 0) is 11.6 Å². The van der Waals surface area contributed by atoms with Crippen LogP contribution in [0.2, 0.25) is 0 Å². The van der Waals surface area contributed by atoms with E-state index in [1.54, 1.807) is 0 Å². The normalized spacial score (nSPS) is 9.93. The highest BCUT2D eigenvalue weighted by molar-refractivity contribution is 5.88. The molecule has 1 rings (SSSR count). The number of nitro benzene ring substituents is 1. The number of hydrogen-bond donors (Lipinski definition) is 1. The van der Waals surface area contributed by atoms with Crippen LogP contribution in [0.1, 0.15) is 15.9 Å². The van der Waals surface area contributed by atoms with E-state index in [0.717, 1.165) is 6.07 Å². The van der Waals surface area contributed by atoms with Crippen molar-refractivity contribution in [1.82, 2.24) is 0 Å². The average molecular weight is 211 g/mol. The van der Waals surface area contributed by atoms with Crippen molar-refractivity contribution in [3.05, 3.63) is 39.4 Å². The highest BCUT2D eigenvalue weighted by atomic mass is 16.6. The molecule has 80 valence electrons. The highest BCUT2D eigenvalue weighted by Gasteiger charge is 2.13. The van der Waals surface area contributed by atoms with E-state index in [-0.39, 0.29) is 17.9 Å². The van der Waals surface area contributed by atoms with Crippen LogP contribution in [-0.4, -0.2) is 23.1 Å². The first kappa shape index (κ1) is 11.1. The summed E-state index contributed by atoms with van der Waals surface area (Å²) >= 11 is 0. The summed E-state index contributed by atoms with van der Waals surface area (Å²) in [6.45, 7) is 0.141. The molecule has 0 saturated heterocycles. The van der Waals surface area contributed by atoms with Crippen molar-refractivity contribution in [3.8, 4) is 0 Å². The number of rotatable bonds is 4. The number of nitro groups is 1. The number of non-ortho nitro benzene ring substituents is 1. The first-order valence-electron chi connectivity index (χ1n) is 4.05. The fourth-order valence-corrected chi connectivity index (χ4v) is 1.15. The Labute approximate surface area is 85.2 Å². The van der Waals surface area contributed by atoms with Crippen LogP contribution in [-0.2, 0) is 11.3 Å². The molecule has 0 aliphatic rings. The molecule has 1 N–H and O–H groups in total. The summed E-state index contributed by atoms with van der Waals surface area (Å²) in [7, 11) is 1.43. The zero-order valence-electron chi connectivity index (χ0n) is 7.97. The smallest absolute Gasteiger partial charge is 0.335 e. The number of methoxy groups -OCH3 is 1. The molecule has 15 heavy (non-hydrogen) atoms. The van der Waals surface area contributed by atoms with Crippen LogP contribution in [0.5, 0.6) is 0 Å². The van der Waals surface area contributed by atoms with E-state index in [1.165, 1.54) is 19.2 Å². The molecule has 6 heteroatoms. The quantitative estimate of drug-likeness (QED) is 0.601. The first-order chi connectivity index (χ1) is 7.04. The van der Waals surface area contributed by atoms with Gasteiger partial charge < -0.3 is 9.84 Å². The van der Waals surface area contributed by atoms with E-state index in [9.17, 15) is 14.9 Å². The minimum Gasteiger partial charge on any atom is -0.478 e. The number of carbonyl (C=O) groups is 1. The molecule has 0 fully saturated rings. The molecule has 0 atom stereocenters. The lowest BCUT2D eigenvalue weighted by atomic mass is 10.1. The van der Waals surface area contributed by atoms with Gasteiger partial charge in [0.15, 0.2) is 0 Å². The molecule has 1 aromatic rings. The Morgan fingerprint density at radius 2 is 2.20 bits per heavy atom. The third-order valence-corrected chi connectivity index (χ3v) is 1.75. The molecule has 0 bridgehead atoms. The van der Waals surface area contributed by atoms with Crippen LogP contribution in [0, 0.1) is 10.1 Å². The van der Waals surface area contributed by atoms with Gasteiger partial charge in [-0.3, -0.25) is 10.1 Å². The van der Waals surface area contributed by atoms with Crippen molar-refractivity contribution in [2.45, 2.75) is 6.61 Å². The largest absolute Gasteiger partial charge is 0.478 e. The van der Waals surface area contributed by atoms with Crippen molar-refractivity contribution < 1.29 is 19.6 Å². The monoisotopic (exact) mass is 211 g/mol. The van der Waals surface area contributed by atoms with Crippen molar-refractivity contribution in [1.29, 1.82) is 0 Å². The number of nitrogens with zero attached hydrogens (tertiary/aromatic N) is 1. The summed E-state index contributed by atoms with van der Waals surface area (Å²) in [5.74, 6) is -1.20. The number of hydrogen-bond acceptors (Lipinski definition) is 4. The topological polar surface area (TPSA) is 89.7 Å². The van der Waals surface area contributed by atoms with E-state index >= 15 is 0 Å². The second-order valence-electron chi connectivity index (χ2n) is 2.88. The van der Waals surface area contributed by atoms with E-state index in [4.69, 9.17) is 9.84 Å². The Kier molecular flexibility index (Phi) is 3.35. The minimum absolute atomic E-state index is 0.115. The van der Waals surface area contributed by atoms with Crippen LogP contribution >= 0.6 is 0 Å². The number of ether oxygens (including phenoxy) is 1. The third kappa shape index (κ3) is 2.75. The van der Waals surface area contributed by atoms with E-state index in [2.05, 4.69) is 0 Å². The molecule has 0 radical (unpaired) electrons. The first-order valence-corrected chi connectivity index (χ1v) is 4.05. The zero-order chi connectivity index (χ0) is 11.4. The van der Waals surface area contributed by atoms with Gasteiger partial charge in [-0.25, -0.2) is 4.79 Å². The average Bonchev–Trinajstić information content (AvgIpc) is 2.17. The van der Waals surface area contributed by atoms with E-state index < -0.39 is 10.9 Å². The standard InChI is InChI=1S/C9H9NO5/c1-15-5-6-2-7(9(11)12)4-8(3-6)10(13)14/h2-4H,5H2,1H3,(H,11,12). The molecule has 0 aliphatic heterocycles. The highest BCUT2D eigenvalue weighted by Crippen LogP contribution is 2.17. The summed E-state index contributed by atoms with van der Waals surface area (Å²) in [6, 6.07) is 3.65. The maximum Gasteiger partial charge on any atom is 0.335 e. The zero-order valence-corrected chi connectivity index (χ0v) is 7.97. The van der Waals surface area contributed by atoms with Gasteiger partial charge >= 0.3 is 5.97 Å². The summed E-state index contributed by atoms with van der Waals surface area (Å²) in [4.78, 5) is 20.5. The Morgan fingerprint density at radius 1 is 1.53 bits per heavy atom. The molecule has 1 aromatic carbocycles. The van der Waals surface area contributed by atoms with Gasteiger partial charge in [0.25, 0.3) is 5.69 Å². The van der Waals surface area contributed by atoms with E-state index in [0.29, 0.717) is 5.56 Å². The lowest BCUT2D eigenvalue weighted by molar-refractivity contribution is -0.385. The molecule has 0 spiro atoms. The Balaban J connectivity index is 3.19. The molecule has 0 unspecified atom stereocenters. The number of benzene rings is 1. The van der Waals surface area contributed by atoms with Crippen molar-refractivity contribution in [2.24, 2.45) is 0 Å². The fourth-order valence-electron chi connectivity index (χ4n) is 1.15. The van der Waals surface area contributed by atoms with Gasteiger partial charge in [-0.1, -0.05) is 0 Å². The SMILES string of the molecule is COCc1cc(C(=O)O)cc([N+](=O)[O-])c1. The molecular formula is C9H9NO5. The second kappa shape index (κ2) is 4.52. The number of carboxylic acid groups (broad SMARTS) is 1. The van der Waals surface area contributed by atoms with Crippen LogP contribution in [0.15, 0.2) is 18.2 Å². The Hall–Kier alpha value is -1.95. The Bertz CT molecular complexity index is 369. The van der Waals surface area contributed by atoms with Crippen LogP contribution in [0.25, 0.3) is 0 Å². The van der Waals surface area contributed by atoms with Crippen LogP contribution in [0.3, 0.4) is 0 Å². The molecule has 0 aliphatic carbocycles. The lowest BCUT2D eigenvalue weighted by Gasteiger charge is -2.01. The molecular weight excluding hydrogens is 202 g/mol. The molecule has 0 heterocycles. The van der Waals surface area contributed by atoms with Gasteiger partial charge in [0, 0.05) is 19.2 Å². The van der Waals surface area contributed by atoms with Gasteiger partial charge in [-0.2, -0.15) is 0 Å². The van der Waals surface area contributed by atoms with Crippen molar-refractivity contribution in [3.63, 3.8) is 0 Å². The summed E-state index contributed by atoms with van der Waals surface area (Å²) in [6.07, 6.45) is 0. The van der Waals surface area contributed by atoms with Crippen LogP contribution < -0.4 is 0 Å². The number of aromatic carboxylic acids is 1. The summed E-state index contributed by atoms with van der Waals surface area (Å²) in [5.41, 5.74) is 0.0994. The predicted octanol–water partition coefficient (Wildman–Crippen LogP) is 1.44. The maximum atomic E-state index is 10.7. The van der Waals surface area contributed by atoms with Crippen LogP contribution in [0.4, 0.5) is 5.69 Å². The summed E-state index contributed by atoms with van der Waals surface area (Å²) in [5, 5.41) is 19.2. The molecule has 6 nitrogen and oxygen atoms in total. The second-order valence-corrected chi connectivity index (χ2v) is 2.88. The predicted molar refractivity (Wildman–Crippen MR) is 50.8 cm³/mol. The minimum atomic E-state index is -1.20. The fraction of sp³-hybridized carbons (Fsp3) is 0.222. The maximum absolute atomic E-state index is 10.7.